The van der Waals surface area contributed by atoms with Gasteiger partial charge in [0.25, 0.3) is 0 Å². The molecule has 5 rings (SSSR count). The van der Waals surface area contributed by atoms with Crippen LogP contribution in [0.25, 0.3) is 0 Å². The quantitative estimate of drug-likeness (QED) is 0.486. The zero-order valence-electron chi connectivity index (χ0n) is 21.8. The highest BCUT2D eigenvalue weighted by Crippen LogP contribution is 2.23. The van der Waals surface area contributed by atoms with E-state index in [1.807, 2.05) is 4.90 Å². The summed E-state index contributed by atoms with van der Waals surface area (Å²) in [7, 11) is 0. The molecule has 2 N–H and O–H groups in total. The van der Waals surface area contributed by atoms with E-state index in [9.17, 15) is 27.6 Å². The van der Waals surface area contributed by atoms with Crippen LogP contribution in [0.15, 0.2) is 54.8 Å². The van der Waals surface area contributed by atoms with E-state index in [0.29, 0.717) is 31.5 Å². The molecule has 2 aromatic rings. The number of hydrogen-bond donors (Lipinski definition) is 2. The van der Waals surface area contributed by atoms with Crippen molar-refractivity contribution in [1.82, 2.24) is 20.4 Å². The molecule has 0 aliphatic carbocycles. The Morgan fingerprint density at radius 3 is 2.48 bits per heavy atom. The zero-order chi connectivity index (χ0) is 28.2. The molecule has 2 aromatic carbocycles. The number of fused-ring (bicyclic) bond motifs is 1. The first-order chi connectivity index (χ1) is 19.3. The number of rotatable bonds is 8. The predicted molar refractivity (Wildman–Crippen MR) is 139 cm³/mol. The summed E-state index contributed by atoms with van der Waals surface area (Å²) in [4.78, 5) is 42.4. The van der Waals surface area contributed by atoms with Gasteiger partial charge in [-0.25, -0.2) is 13.2 Å². The first-order valence-corrected chi connectivity index (χ1v) is 13.4. The first-order valence-electron chi connectivity index (χ1n) is 13.4. The van der Waals surface area contributed by atoms with Gasteiger partial charge in [0.1, 0.15) is 24.1 Å². The Balaban J connectivity index is 1.23. The minimum absolute atomic E-state index is 0.0424. The van der Waals surface area contributed by atoms with Gasteiger partial charge in [-0.05, 0) is 62.3 Å². The van der Waals surface area contributed by atoms with Gasteiger partial charge >= 0.3 is 0 Å². The second-order valence-corrected chi connectivity index (χ2v) is 10.5. The molecule has 0 saturated carbocycles. The highest BCUT2D eigenvalue weighted by molar-refractivity contribution is 5.97. The van der Waals surface area contributed by atoms with Crippen molar-refractivity contribution in [3.05, 3.63) is 83.4 Å². The molecule has 0 spiro atoms. The predicted octanol–water partition coefficient (Wildman–Crippen LogP) is 2.60. The first kappa shape index (κ1) is 27.9. The van der Waals surface area contributed by atoms with Gasteiger partial charge in [-0.15, -0.1) is 0 Å². The van der Waals surface area contributed by atoms with Gasteiger partial charge in [0.05, 0.1) is 31.4 Å². The number of likely N-dealkylation sites (tertiary alicyclic amines) is 1. The zero-order valence-corrected chi connectivity index (χ0v) is 21.8. The molecule has 2 saturated heterocycles. The lowest BCUT2D eigenvalue weighted by molar-refractivity contribution is -0.137. The molecule has 212 valence electrons. The van der Waals surface area contributed by atoms with Crippen LogP contribution in [-0.4, -0.2) is 72.4 Å². The van der Waals surface area contributed by atoms with Gasteiger partial charge in [-0.1, -0.05) is 6.07 Å². The van der Waals surface area contributed by atoms with E-state index in [0.717, 1.165) is 12.1 Å². The fraction of sp³-hybridized carbons (Fsp3) is 0.414. The standard InChI is InChI=1S/C29H31F3N4O4/c30-21-4-1-18(2-5-21)28(38)19-7-10-35(11-8-19)16-27(37)36(14-20-3-6-22(31)13-24(20)32)15-26-33-25-9-12-40-17-23(25)29(39)34-26/h1-6,9,12-13,19,23,25-26,33H,7-8,10-11,14-17H2,(H,34,39). The molecule has 3 aliphatic heterocycles. The topological polar surface area (TPSA) is 91.0 Å². The van der Waals surface area contributed by atoms with Crippen molar-refractivity contribution in [3.8, 4) is 0 Å². The minimum atomic E-state index is -0.758. The molecule has 0 bridgehead atoms. The Kier molecular flexibility index (Phi) is 8.51. The maximum Gasteiger partial charge on any atom is 0.237 e. The summed E-state index contributed by atoms with van der Waals surface area (Å²) in [5.74, 6) is -3.01. The second kappa shape index (κ2) is 12.2. The monoisotopic (exact) mass is 556 g/mol. The second-order valence-electron chi connectivity index (χ2n) is 10.5. The molecule has 0 aromatic heterocycles. The molecule has 3 unspecified atom stereocenters. The maximum absolute atomic E-state index is 14.5. The van der Waals surface area contributed by atoms with E-state index in [-0.39, 0.29) is 67.3 Å². The Hall–Kier alpha value is -3.70. The molecule has 40 heavy (non-hydrogen) atoms. The number of halogens is 3. The van der Waals surface area contributed by atoms with Crippen molar-refractivity contribution in [3.63, 3.8) is 0 Å². The van der Waals surface area contributed by atoms with E-state index in [4.69, 9.17) is 4.74 Å². The molecule has 3 heterocycles. The van der Waals surface area contributed by atoms with Crippen LogP contribution in [0.5, 0.6) is 0 Å². The maximum atomic E-state index is 14.5. The lowest BCUT2D eigenvalue weighted by atomic mass is 9.89. The summed E-state index contributed by atoms with van der Waals surface area (Å²) in [6.45, 7) is 1.27. The highest BCUT2D eigenvalue weighted by atomic mass is 19.1. The molecule has 3 aliphatic rings. The number of Topliss-reactive ketones (excluding diaryl/α,β-unsaturated/α-hetero) is 1. The van der Waals surface area contributed by atoms with E-state index in [1.54, 1.807) is 6.08 Å². The van der Waals surface area contributed by atoms with E-state index < -0.39 is 23.6 Å². The largest absolute Gasteiger partial charge is 0.501 e. The number of carbonyl (C=O) groups is 3. The Morgan fingerprint density at radius 1 is 1.02 bits per heavy atom. The van der Waals surface area contributed by atoms with Crippen LogP contribution in [0.2, 0.25) is 0 Å². The van der Waals surface area contributed by atoms with Crippen LogP contribution >= 0.6 is 0 Å². The lowest BCUT2D eigenvalue weighted by Crippen LogP contribution is -2.65. The Morgan fingerprint density at radius 2 is 1.75 bits per heavy atom. The fourth-order valence-corrected chi connectivity index (χ4v) is 5.42. The molecule has 3 atom stereocenters. The van der Waals surface area contributed by atoms with E-state index in [1.165, 1.54) is 41.5 Å². The summed E-state index contributed by atoms with van der Waals surface area (Å²) in [6, 6.07) is 8.46. The number of nitrogens with one attached hydrogen (secondary N) is 2. The minimum Gasteiger partial charge on any atom is -0.501 e. The van der Waals surface area contributed by atoms with Gasteiger partial charge in [0.15, 0.2) is 5.78 Å². The molecule has 11 heteroatoms. The normalized spacial score (nSPS) is 23.2. The molecule has 8 nitrogen and oxygen atoms in total. The third-order valence-corrected chi connectivity index (χ3v) is 7.72. The highest BCUT2D eigenvalue weighted by Gasteiger charge is 2.38. The third kappa shape index (κ3) is 6.53. The van der Waals surface area contributed by atoms with Gasteiger partial charge in [0, 0.05) is 35.7 Å². The number of piperidine rings is 1. The molecule has 2 fully saturated rings. The number of hydrogen-bond acceptors (Lipinski definition) is 6. The average Bonchev–Trinajstić information content (AvgIpc) is 2.94. The van der Waals surface area contributed by atoms with Crippen molar-refractivity contribution >= 4 is 17.6 Å². The van der Waals surface area contributed by atoms with Crippen molar-refractivity contribution in [2.45, 2.75) is 31.6 Å². The summed E-state index contributed by atoms with van der Waals surface area (Å²) in [5.41, 5.74) is 0.622. The van der Waals surface area contributed by atoms with Crippen molar-refractivity contribution in [1.29, 1.82) is 0 Å². The van der Waals surface area contributed by atoms with E-state index in [2.05, 4.69) is 10.6 Å². The van der Waals surface area contributed by atoms with Crippen LogP contribution in [0.3, 0.4) is 0 Å². The Labute approximate surface area is 230 Å². The number of ether oxygens (including phenoxy) is 1. The number of carbonyl (C=O) groups excluding carboxylic acids is 3. The fourth-order valence-electron chi connectivity index (χ4n) is 5.42. The van der Waals surface area contributed by atoms with E-state index >= 15 is 0 Å². The van der Waals surface area contributed by atoms with Crippen molar-refractivity contribution < 1.29 is 32.3 Å². The van der Waals surface area contributed by atoms with Crippen molar-refractivity contribution in [2.24, 2.45) is 11.8 Å². The van der Waals surface area contributed by atoms with Gasteiger partial charge in [-0.3, -0.25) is 24.6 Å². The van der Waals surface area contributed by atoms with Gasteiger partial charge in [0.2, 0.25) is 11.8 Å². The number of benzene rings is 2. The molecule has 0 radical (unpaired) electrons. The van der Waals surface area contributed by atoms with Crippen LogP contribution in [-0.2, 0) is 20.9 Å². The third-order valence-electron chi connectivity index (χ3n) is 7.72. The summed E-state index contributed by atoms with van der Waals surface area (Å²) in [6.07, 6.45) is 3.80. The van der Waals surface area contributed by atoms with Crippen LogP contribution < -0.4 is 10.6 Å². The van der Waals surface area contributed by atoms with Crippen LogP contribution in [0.1, 0.15) is 28.8 Å². The number of ketones is 1. The smallest absolute Gasteiger partial charge is 0.237 e. The lowest BCUT2D eigenvalue weighted by Gasteiger charge is -2.40. The van der Waals surface area contributed by atoms with Crippen molar-refractivity contribution in [2.75, 3.05) is 32.8 Å². The van der Waals surface area contributed by atoms with Crippen LogP contribution in [0.4, 0.5) is 13.2 Å². The summed E-state index contributed by atoms with van der Waals surface area (Å²) < 4.78 is 46.5. The van der Waals surface area contributed by atoms with Gasteiger partial charge < -0.3 is 15.0 Å². The number of amides is 2. The number of nitrogens with zero attached hydrogens (tertiary/aromatic N) is 2. The molecular formula is C29H31F3N4O4. The molecule has 2 amide bonds. The van der Waals surface area contributed by atoms with Crippen LogP contribution in [0, 0.1) is 29.3 Å². The SMILES string of the molecule is O=C(c1ccc(F)cc1)C1CCN(CC(=O)N(Cc2ccc(F)cc2F)CC2NC(=O)C3COC=CC3N2)CC1. The molecular weight excluding hydrogens is 525 g/mol. The average molecular weight is 557 g/mol. The summed E-state index contributed by atoms with van der Waals surface area (Å²) >= 11 is 0. The Bertz CT molecular complexity index is 1280. The van der Waals surface area contributed by atoms with Gasteiger partial charge in [-0.2, -0.15) is 0 Å². The summed E-state index contributed by atoms with van der Waals surface area (Å²) in [5, 5.41) is 6.17.